The summed E-state index contributed by atoms with van der Waals surface area (Å²) in [4.78, 5) is 11.8. The minimum absolute atomic E-state index is 0.0692. The summed E-state index contributed by atoms with van der Waals surface area (Å²) in [6.07, 6.45) is -0.864. The van der Waals surface area contributed by atoms with Crippen molar-refractivity contribution in [2.45, 2.75) is 13.0 Å². The van der Waals surface area contributed by atoms with Crippen molar-refractivity contribution in [3.8, 4) is 0 Å². The third kappa shape index (κ3) is 3.36. The summed E-state index contributed by atoms with van der Waals surface area (Å²) < 4.78 is 16.7. The molecule has 100 valence electrons. The molecular formula is C13H13FN2O2S. The average molecular weight is 280 g/mol. The fraction of sp³-hybridized carbons (Fsp3) is 0.231. The molecule has 0 spiro atoms. The second kappa shape index (κ2) is 5.90. The van der Waals surface area contributed by atoms with Crippen molar-refractivity contribution in [2.24, 2.45) is 0 Å². The molecular weight excluding hydrogens is 267 g/mol. The Morgan fingerprint density at radius 2 is 2.16 bits per heavy atom. The number of hydrogen-bond donors (Lipinski definition) is 2. The number of aliphatic hydroxyl groups is 1. The maximum atomic E-state index is 12.7. The third-order valence-electron chi connectivity index (χ3n) is 2.71. The lowest BCUT2D eigenvalue weighted by Gasteiger charge is -2.12. The molecule has 0 aliphatic carbocycles. The number of carbonyl (C=O) groups is 1. The van der Waals surface area contributed by atoms with Gasteiger partial charge in [0.25, 0.3) is 5.91 Å². The largest absolute Gasteiger partial charge is 0.387 e. The summed E-state index contributed by atoms with van der Waals surface area (Å²) in [7, 11) is 0. The standard InChI is InChI=1S/C13H13FN2O2S/c1-8-11(7-19-16-8)13(18)15-6-12(17)9-2-4-10(14)5-3-9/h2-5,7,12,17H,6H2,1H3,(H,15,18). The van der Waals surface area contributed by atoms with Crippen molar-refractivity contribution in [3.63, 3.8) is 0 Å². The minimum Gasteiger partial charge on any atom is -0.387 e. The highest BCUT2D eigenvalue weighted by Gasteiger charge is 2.13. The second-order valence-electron chi connectivity index (χ2n) is 4.09. The molecule has 19 heavy (non-hydrogen) atoms. The molecule has 4 nitrogen and oxygen atoms in total. The normalized spacial score (nSPS) is 12.2. The molecule has 1 aromatic carbocycles. The van der Waals surface area contributed by atoms with Crippen molar-refractivity contribution < 1.29 is 14.3 Å². The molecule has 1 atom stereocenters. The van der Waals surface area contributed by atoms with Crippen molar-refractivity contribution in [1.29, 1.82) is 0 Å². The van der Waals surface area contributed by atoms with Gasteiger partial charge in [-0.25, -0.2) is 4.39 Å². The van der Waals surface area contributed by atoms with Crippen LogP contribution in [0.4, 0.5) is 4.39 Å². The highest BCUT2D eigenvalue weighted by molar-refractivity contribution is 7.03. The number of benzene rings is 1. The van der Waals surface area contributed by atoms with E-state index in [4.69, 9.17) is 0 Å². The van der Waals surface area contributed by atoms with E-state index in [0.29, 0.717) is 16.8 Å². The lowest BCUT2D eigenvalue weighted by Crippen LogP contribution is -2.28. The average Bonchev–Trinajstić information content (AvgIpc) is 2.83. The van der Waals surface area contributed by atoms with Gasteiger partial charge in [-0.2, -0.15) is 4.37 Å². The molecule has 0 radical (unpaired) electrons. The van der Waals surface area contributed by atoms with E-state index in [0.717, 1.165) is 0 Å². The van der Waals surface area contributed by atoms with E-state index >= 15 is 0 Å². The van der Waals surface area contributed by atoms with Gasteiger partial charge < -0.3 is 10.4 Å². The van der Waals surface area contributed by atoms with Crippen LogP contribution >= 0.6 is 11.5 Å². The molecule has 0 saturated heterocycles. The zero-order valence-corrected chi connectivity index (χ0v) is 11.1. The molecule has 1 aromatic heterocycles. The van der Waals surface area contributed by atoms with Gasteiger partial charge >= 0.3 is 0 Å². The third-order valence-corrected chi connectivity index (χ3v) is 3.43. The summed E-state index contributed by atoms with van der Waals surface area (Å²) in [5.74, 6) is -0.632. The summed E-state index contributed by atoms with van der Waals surface area (Å²) in [6, 6.07) is 5.52. The molecule has 1 unspecified atom stereocenters. The predicted octanol–water partition coefficient (Wildman–Crippen LogP) is 2.05. The Hall–Kier alpha value is -1.79. The molecule has 0 fully saturated rings. The number of rotatable bonds is 4. The van der Waals surface area contributed by atoms with Gasteiger partial charge in [0.05, 0.1) is 17.4 Å². The van der Waals surface area contributed by atoms with Gasteiger partial charge in [0.1, 0.15) is 5.82 Å². The number of halogens is 1. The van der Waals surface area contributed by atoms with Crippen LogP contribution in [0.25, 0.3) is 0 Å². The Morgan fingerprint density at radius 3 is 2.74 bits per heavy atom. The number of hydrogen-bond acceptors (Lipinski definition) is 4. The quantitative estimate of drug-likeness (QED) is 0.901. The molecule has 0 saturated carbocycles. The van der Waals surface area contributed by atoms with Gasteiger partial charge in [-0.1, -0.05) is 12.1 Å². The first-order valence-electron chi connectivity index (χ1n) is 5.70. The molecule has 1 heterocycles. The fourth-order valence-electron chi connectivity index (χ4n) is 1.60. The Kier molecular flexibility index (Phi) is 4.24. The fourth-order valence-corrected chi connectivity index (χ4v) is 2.29. The first-order valence-corrected chi connectivity index (χ1v) is 6.54. The molecule has 0 aliphatic rings. The molecule has 1 amide bonds. The van der Waals surface area contributed by atoms with Gasteiger partial charge in [-0.3, -0.25) is 4.79 Å². The van der Waals surface area contributed by atoms with Crippen molar-refractivity contribution in [1.82, 2.24) is 9.69 Å². The number of aromatic nitrogens is 1. The Morgan fingerprint density at radius 1 is 1.47 bits per heavy atom. The maximum Gasteiger partial charge on any atom is 0.254 e. The summed E-state index contributed by atoms with van der Waals surface area (Å²) >= 11 is 1.21. The SMILES string of the molecule is Cc1nscc1C(=O)NCC(O)c1ccc(F)cc1. The summed E-state index contributed by atoms with van der Waals surface area (Å²) in [6.45, 7) is 1.82. The van der Waals surface area contributed by atoms with Crippen LogP contribution in [0, 0.1) is 12.7 Å². The van der Waals surface area contributed by atoms with E-state index in [-0.39, 0.29) is 18.3 Å². The topological polar surface area (TPSA) is 62.2 Å². The highest BCUT2D eigenvalue weighted by Crippen LogP contribution is 2.13. The Labute approximate surface area is 114 Å². The maximum absolute atomic E-state index is 12.7. The van der Waals surface area contributed by atoms with Crippen LogP contribution in [0.15, 0.2) is 29.6 Å². The summed E-state index contributed by atoms with van der Waals surface area (Å²) in [5, 5.41) is 14.2. The van der Waals surface area contributed by atoms with Crippen molar-refractivity contribution >= 4 is 17.4 Å². The molecule has 6 heteroatoms. The van der Waals surface area contributed by atoms with Crippen LogP contribution in [-0.4, -0.2) is 21.9 Å². The smallest absolute Gasteiger partial charge is 0.254 e. The van der Waals surface area contributed by atoms with E-state index in [1.54, 1.807) is 12.3 Å². The molecule has 2 N–H and O–H groups in total. The number of aliphatic hydroxyl groups excluding tert-OH is 1. The number of carbonyl (C=O) groups excluding carboxylic acids is 1. The first-order chi connectivity index (χ1) is 9.08. The van der Waals surface area contributed by atoms with Gasteiger partial charge in [-0.05, 0) is 36.2 Å². The van der Waals surface area contributed by atoms with Gasteiger partial charge in [0.2, 0.25) is 0 Å². The van der Waals surface area contributed by atoms with E-state index in [2.05, 4.69) is 9.69 Å². The molecule has 0 aliphatic heterocycles. The molecule has 2 rings (SSSR count). The monoisotopic (exact) mass is 280 g/mol. The lowest BCUT2D eigenvalue weighted by molar-refractivity contribution is 0.0916. The van der Waals surface area contributed by atoms with Crippen LogP contribution in [0.2, 0.25) is 0 Å². The Bertz CT molecular complexity index is 568. The van der Waals surface area contributed by atoms with E-state index < -0.39 is 6.10 Å². The number of nitrogens with one attached hydrogen (secondary N) is 1. The molecule has 0 bridgehead atoms. The minimum atomic E-state index is -0.864. The summed E-state index contributed by atoms with van der Waals surface area (Å²) in [5.41, 5.74) is 1.73. The van der Waals surface area contributed by atoms with E-state index in [9.17, 15) is 14.3 Å². The van der Waals surface area contributed by atoms with Crippen LogP contribution < -0.4 is 5.32 Å². The first kappa shape index (κ1) is 13.6. The van der Waals surface area contributed by atoms with Gasteiger partial charge in [0, 0.05) is 11.9 Å². The van der Waals surface area contributed by atoms with Crippen molar-refractivity contribution in [3.05, 3.63) is 52.3 Å². The van der Waals surface area contributed by atoms with Crippen LogP contribution in [0.1, 0.15) is 27.7 Å². The van der Waals surface area contributed by atoms with Crippen LogP contribution in [-0.2, 0) is 0 Å². The van der Waals surface area contributed by atoms with Crippen molar-refractivity contribution in [2.75, 3.05) is 6.54 Å². The predicted molar refractivity (Wildman–Crippen MR) is 70.5 cm³/mol. The Balaban J connectivity index is 1.94. The number of nitrogens with zero attached hydrogens (tertiary/aromatic N) is 1. The van der Waals surface area contributed by atoms with E-state index in [1.807, 2.05) is 0 Å². The number of amides is 1. The lowest BCUT2D eigenvalue weighted by atomic mass is 10.1. The highest BCUT2D eigenvalue weighted by atomic mass is 32.1. The zero-order valence-electron chi connectivity index (χ0n) is 10.3. The second-order valence-corrected chi connectivity index (χ2v) is 4.72. The number of aryl methyl sites for hydroxylation is 1. The molecule has 2 aromatic rings. The van der Waals surface area contributed by atoms with Crippen LogP contribution in [0.5, 0.6) is 0 Å². The van der Waals surface area contributed by atoms with Gasteiger partial charge in [-0.15, -0.1) is 0 Å². The van der Waals surface area contributed by atoms with E-state index in [1.165, 1.54) is 35.8 Å². The zero-order chi connectivity index (χ0) is 13.8. The van der Waals surface area contributed by atoms with Gasteiger partial charge in [0.15, 0.2) is 0 Å². The van der Waals surface area contributed by atoms with Crippen LogP contribution in [0.3, 0.4) is 0 Å².